The molecule has 1 aromatic carbocycles. The van der Waals surface area contributed by atoms with Crippen LogP contribution in [0, 0.1) is 5.41 Å². The Balaban J connectivity index is 1.79. The van der Waals surface area contributed by atoms with Gasteiger partial charge in [-0.15, -0.1) is 0 Å². The van der Waals surface area contributed by atoms with Crippen molar-refractivity contribution in [2.24, 2.45) is 5.41 Å². The number of hydrogen-bond acceptors (Lipinski definition) is 3. The van der Waals surface area contributed by atoms with Crippen LogP contribution in [-0.2, 0) is 22.7 Å². The molecule has 0 aromatic heterocycles. The first-order valence-electron chi connectivity index (χ1n) is 7.28. The number of amides is 1. The molecule has 112 valence electrons. The molecule has 3 rings (SSSR count). The minimum Gasteiger partial charge on any atom is -0.481 e. The number of carboxylic acid groups (broad SMARTS) is 1. The van der Waals surface area contributed by atoms with Gasteiger partial charge in [-0.1, -0.05) is 13.0 Å². The van der Waals surface area contributed by atoms with E-state index in [1.54, 1.807) is 4.90 Å². The number of nitrogens with zero attached hydrogens (tertiary/aromatic N) is 1. The van der Waals surface area contributed by atoms with Gasteiger partial charge in [0.15, 0.2) is 0 Å². The second-order valence-corrected chi connectivity index (χ2v) is 5.89. The molecule has 1 N–H and O–H groups in total. The largest absolute Gasteiger partial charge is 0.481 e. The fourth-order valence-corrected chi connectivity index (χ4v) is 3.15. The van der Waals surface area contributed by atoms with E-state index in [0.29, 0.717) is 44.7 Å². The van der Waals surface area contributed by atoms with Crippen molar-refractivity contribution in [2.45, 2.75) is 33.0 Å². The molecule has 1 saturated heterocycles. The minimum atomic E-state index is -0.803. The molecule has 1 atom stereocenters. The Hall–Kier alpha value is -1.88. The Bertz CT molecular complexity index is 598. The van der Waals surface area contributed by atoms with Gasteiger partial charge in [0.25, 0.3) is 5.91 Å². The normalized spacial score (nSPS) is 24.1. The van der Waals surface area contributed by atoms with Gasteiger partial charge in [0.1, 0.15) is 0 Å². The first kappa shape index (κ1) is 14.1. The van der Waals surface area contributed by atoms with Gasteiger partial charge in [0, 0.05) is 18.7 Å². The second kappa shape index (κ2) is 5.15. The molecule has 1 fully saturated rings. The van der Waals surface area contributed by atoms with Gasteiger partial charge in [0.2, 0.25) is 0 Å². The van der Waals surface area contributed by atoms with Crippen molar-refractivity contribution in [1.82, 2.24) is 4.90 Å². The summed E-state index contributed by atoms with van der Waals surface area (Å²) < 4.78 is 5.35. The zero-order chi connectivity index (χ0) is 15.0. The van der Waals surface area contributed by atoms with Gasteiger partial charge in [-0.25, -0.2) is 0 Å². The Labute approximate surface area is 123 Å². The molecule has 5 nitrogen and oxygen atoms in total. The highest BCUT2D eigenvalue weighted by atomic mass is 16.5. The quantitative estimate of drug-likeness (QED) is 0.924. The summed E-state index contributed by atoms with van der Waals surface area (Å²) in [6.07, 6.45) is 1.07. The highest BCUT2D eigenvalue weighted by Gasteiger charge is 2.44. The van der Waals surface area contributed by atoms with Crippen LogP contribution in [0.4, 0.5) is 0 Å². The van der Waals surface area contributed by atoms with E-state index in [-0.39, 0.29) is 5.91 Å². The summed E-state index contributed by atoms with van der Waals surface area (Å²) in [5.41, 5.74) is 2.02. The van der Waals surface area contributed by atoms with E-state index in [9.17, 15) is 14.7 Å². The lowest BCUT2D eigenvalue weighted by Crippen LogP contribution is -2.36. The minimum absolute atomic E-state index is 0.0822. The number of aliphatic carboxylic acids is 1. The first-order valence-corrected chi connectivity index (χ1v) is 7.28. The van der Waals surface area contributed by atoms with Crippen LogP contribution in [0.1, 0.15) is 41.3 Å². The van der Waals surface area contributed by atoms with Crippen LogP contribution in [0.25, 0.3) is 0 Å². The van der Waals surface area contributed by atoms with Crippen molar-refractivity contribution >= 4 is 11.9 Å². The van der Waals surface area contributed by atoms with Gasteiger partial charge in [-0.05, 0) is 36.1 Å². The fourth-order valence-electron chi connectivity index (χ4n) is 3.15. The molecule has 2 aliphatic heterocycles. The lowest BCUT2D eigenvalue weighted by atomic mass is 9.84. The van der Waals surface area contributed by atoms with E-state index >= 15 is 0 Å². The summed E-state index contributed by atoms with van der Waals surface area (Å²) in [4.78, 5) is 25.7. The van der Waals surface area contributed by atoms with Gasteiger partial charge in [-0.3, -0.25) is 9.59 Å². The molecule has 2 heterocycles. The van der Waals surface area contributed by atoms with E-state index in [4.69, 9.17) is 4.74 Å². The fraction of sp³-hybridized carbons (Fsp3) is 0.500. The number of fused-ring (bicyclic) bond motifs is 1. The number of rotatable bonds is 3. The molecule has 0 aliphatic carbocycles. The molecule has 1 amide bonds. The van der Waals surface area contributed by atoms with Crippen molar-refractivity contribution in [3.63, 3.8) is 0 Å². The molecule has 0 bridgehead atoms. The summed E-state index contributed by atoms with van der Waals surface area (Å²) in [5.74, 6) is -0.885. The highest BCUT2D eigenvalue weighted by Crippen LogP contribution is 2.35. The Morgan fingerprint density at radius 3 is 2.76 bits per heavy atom. The smallest absolute Gasteiger partial charge is 0.311 e. The maximum Gasteiger partial charge on any atom is 0.311 e. The van der Waals surface area contributed by atoms with Crippen LogP contribution >= 0.6 is 0 Å². The molecular formula is C16H19NO4. The standard InChI is InChI=1S/C16H19NO4/c1-2-16(15(19)20)5-6-17(10-16)14(18)11-3-4-12-8-21-9-13(12)7-11/h3-4,7H,2,5-6,8-10H2,1H3,(H,19,20). The van der Waals surface area contributed by atoms with Crippen LogP contribution in [0.2, 0.25) is 0 Å². The van der Waals surface area contributed by atoms with Gasteiger partial charge in [-0.2, -0.15) is 0 Å². The Morgan fingerprint density at radius 1 is 1.33 bits per heavy atom. The van der Waals surface area contributed by atoms with Gasteiger partial charge in [0.05, 0.1) is 18.6 Å². The van der Waals surface area contributed by atoms with Crippen LogP contribution in [0.5, 0.6) is 0 Å². The third-order valence-corrected chi connectivity index (χ3v) is 4.74. The van der Waals surface area contributed by atoms with Crippen LogP contribution in [-0.4, -0.2) is 35.0 Å². The average Bonchev–Trinajstić information content (AvgIpc) is 3.13. The maximum absolute atomic E-state index is 12.6. The number of benzene rings is 1. The zero-order valence-electron chi connectivity index (χ0n) is 12.1. The Morgan fingerprint density at radius 2 is 2.10 bits per heavy atom. The molecule has 1 unspecified atom stereocenters. The second-order valence-electron chi connectivity index (χ2n) is 5.89. The van der Waals surface area contributed by atoms with Crippen molar-refractivity contribution < 1.29 is 19.4 Å². The number of likely N-dealkylation sites (tertiary alicyclic amines) is 1. The van der Waals surface area contributed by atoms with Crippen LogP contribution in [0.3, 0.4) is 0 Å². The van der Waals surface area contributed by atoms with Crippen molar-refractivity contribution in [2.75, 3.05) is 13.1 Å². The molecular weight excluding hydrogens is 270 g/mol. The van der Waals surface area contributed by atoms with E-state index in [2.05, 4.69) is 0 Å². The van der Waals surface area contributed by atoms with E-state index in [0.717, 1.165) is 11.1 Å². The van der Waals surface area contributed by atoms with Crippen LogP contribution in [0.15, 0.2) is 18.2 Å². The number of carbonyl (C=O) groups excluding carboxylic acids is 1. The summed E-state index contributed by atoms with van der Waals surface area (Å²) in [6, 6.07) is 5.61. The van der Waals surface area contributed by atoms with Crippen molar-refractivity contribution in [3.05, 3.63) is 34.9 Å². The maximum atomic E-state index is 12.6. The van der Waals surface area contributed by atoms with E-state index in [1.807, 2.05) is 25.1 Å². The number of carbonyl (C=O) groups is 2. The predicted octanol–water partition coefficient (Wildman–Crippen LogP) is 2.04. The van der Waals surface area contributed by atoms with E-state index < -0.39 is 11.4 Å². The number of carboxylic acids is 1. The summed E-state index contributed by atoms with van der Waals surface area (Å²) >= 11 is 0. The topological polar surface area (TPSA) is 66.8 Å². The molecule has 21 heavy (non-hydrogen) atoms. The van der Waals surface area contributed by atoms with Gasteiger partial charge >= 0.3 is 5.97 Å². The zero-order valence-corrected chi connectivity index (χ0v) is 12.1. The third-order valence-electron chi connectivity index (χ3n) is 4.74. The summed E-state index contributed by atoms with van der Waals surface area (Å²) in [5, 5.41) is 9.41. The first-order chi connectivity index (χ1) is 10.1. The van der Waals surface area contributed by atoms with Crippen LogP contribution < -0.4 is 0 Å². The summed E-state index contributed by atoms with van der Waals surface area (Å²) in [6.45, 7) is 3.82. The predicted molar refractivity (Wildman–Crippen MR) is 75.8 cm³/mol. The molecule has 0 spiro atoms. The monoisotopic (exact) mass is 289 g/mol. The number of ether oxygens (including phenoxy) is 1. The molecule has 0 radical (unpaired) electrons. The van der Waals surface area contributed by atoms with Crippen molar-refractivity contribution in [3.8, 4) is 0 Å². The lowest BCUT2D eigenvalue weighted by Gasteiger charge is -2.23. The number of hydrogen-bond donors (Lipinski definition) is 1. The molecule has 0 saturated carbocycles. The third kappa shape index (κ3) is 2.31. The highest BCUT2D eigenvalue weighted by molar-refractivity contribution is 5.95. The summed E-state index contributed by atoms with van der Waals surface area (Å²) in [7, 11) is 0. The SMILES string of the molecule is CCC1(C(=O)O)CCN(C(=O)c2ccc3c(c2)COC3)C1. The molecule has 2 aliphatic rings. The Kier molecular flexibility index (Phi) is 3.45. The van der Waals surface area contributed by atoms with Gasteiger partial charge < -0.3 is 14.7 Å². The lowest BCUT2D eigenvalue weighted by molar-refractivity contribution is -0.148. The molecule has 1 aromatic rings. The van der Waals surface area contributed by atoms with E-state index in [1.165, 1.54) is 0 Å². The molecule has 5 heteroatoms. The van der Waals surface area contributed by atoms with Crippen molar-refractivity contribution in [1.29, 1.82) is 0 Å². The average molecular weight is 289 g/mol.